The van der Waals surface area contributed by atoms with Gasteiger partial charge in [-0.3, -0.25) is 0 Å². The summed E-state index contributed by atoms with van der Waals surface area (Å²) >= 11 is 3.39. The number of benzene rings is 1. The number of sulfonamides is 1. The topological polar surface area (TPSA) is 37.4 Å². The first-order valence-corrected chi connectivity index (χ1v) is 8.82. The van der Waals surface area contributed by atoms with Crippen LogP contribution in [-0.2, 0) is 10.0 Å². The summed E-state index contributed by atoms with van der Waals surface area (Å²) in [6.45, 7) is 7.30. The third kappa shape index (κ3) is 3.03. The SMILES string of the molecule is Cc1cc(Br)c(S(=O)(=O)N2CCCC(C)C2)cc1C. The van der Waals surface area contributed by atoms with E-state index in [9.17, 15) is 8.42 Å². The molecule has 1 aliphatic rings. The van der Waals surface area contributed by atoms with Gasteiger partial charge in [-0.15, -0.1) is 0 Å². The van der Waals surface area contributed by atoms with Gasteiger partial charge in [-0.25, -0.2) is 8.42 Å². The number of halogens is 1. The molecule has 19 heavy (non-hydrogen) atoms. The predicted molar refractivity (Wildman–Crippen MR) is 80.8 cm³/mol. The summed E-state index contributed by atoms with van der Waals surface area (Å²) in [5.41, 5.74) is 2.10. The average Bonchev–Trinajstić information content (AvgIpc) is 2.33. The van der Waals surface area contributed by atoms with Crippen LogP contribution in [0.25, 0.3) is 0 Å². The second-order valence-corrected chi connectivity index (χ2v) is 8.24. The summed E-state index contributed by atoms with van der Waals surface area (Å²) in [5.74, 6) is 0.439. The van der Waals surface area contributed by atoms with Gasteiger partial charge in [0.1, 0.15) is 0 Å². The van der Waals surface area contributed by atoms with Crippen molar-refractivity contribution in [2.75, 3.05) is 13.1 Å². The Bertz CT molecular complexity index is 583. The minimum atomic E-state index is -3.38. The summed E-state index contributed by atoms with van der Waals surface area (Å²) < 4.78 is 27.7. The Hall–Kier alpha value is -0.390. The maximum Gasteiger partial charge on any atom is 0.244 e. The van der Waals surface area contributed by atoms with Gasteiger partial charge >= 0.3 is 0 Å². The van der Waals surface area contributed by atoms with Crippen molar-refractivity contribution in [1.82, 2.24) is 4.31 Å². The fraction of sp³-hybridized carbons (Fsp3) is 0.571. The molecular weight excluding hydrogens is 326 g/mol. The quantitative estimate of drug-likeness (QED) is 0.822. The van der Waals surface area contributed by atoms with E-state index in [2.05, 4.69) is 22.9 Å². The molecule has 1 aromatic carbocycles. The first-order chi connectivity index (χ1) is 8.82. The number of hydrogen-bond acceptors (Lipinski definition) is 2. The zero-order valence-corrected chi connectivity index (χ0v) is 14.0. The van der Waals surface area contributed by atoms with Gasteiger partial charge in [0, 0.05) is 17.6 Å². The summed E-state index contributed by atoms with van der Waals surface area (Å²) in [5, 5.41) is 0. The molecule has 1 unspecified atom stereocenters. The van der Waals surface area contributed by atoms with E-state index in [1.54, 1.807) is 10.4 Å². The molecule has 5 heteroatoms. The van der Waals surface area contributed by atoms with Crippen molar-refractivity contribution >= 4 is 26.0 Å². The van der Waals surface area contributed by atoms with Crippen molar-refractivity contribution in [2.45, 2.75) is 38.5 Å². The van der Waals surface area contributed by atoms with Gasteiger partial charge in [-0.1, -0.05) is 6.92 Å². The number of piperidine rings is 1. The largest absolute Gasteiger partial charge is 0.244 e. The molecule has 0 amide bonds. The molecule has 1 heterocycles. The summed E-state index contributed by atoms with van der Waals surface area (Å²) in [4.78, 5) is 0.393. The van der Waals surface area contributed by atoms with Crippen LogP contribution in [0, 0.1) is 19.8 Å². The molecule has 0 radical (unpaired) electrons. The molecular formula is C14H20BrNO2S. The summed E-state index contributed by atoms with van der Waals surface area (Å²) in [7, 11) is -3.38. The van der Waals surface area contributed by atoms with Crippen molar-refractivity contribution in [2.24, 2.45) is 5.92 Å². The lowest BCUT2D eigenvalue weighted by Gasteiger charge is -2.30. The van der Waals surface area contributed by atoms with Crippen LogP contribution in [0.4, 0.5) is 0 Å². The van der Waals surface area contributed by atoms with E-state index >= 15 is 0 Å². The zero-order valence-electron chi connectivity index (χ0n) is 11.6. The Balaban J connectivity index is 2.42. The van der Waals surface area contributed by atoms with Crippen LogP contribution in [0.5, 0.6) is 0 Å². The lowest BCUT2D eigenvalue weighted by Crippen LogP contribution is -2.39. The fourth-order valence-electron chi connectivity index (χ4n) is 2.46. The Kier molecular flexibility index (Phi) is 4.38. The smallest absolute Gasteiger partial charge is 0.207 e. The van der Waals surface area contributed by atoms with Gasteiger partial charge in [-0.2, -0.15) is 4.31 Å². The highest BCUT2D eigenvalue weighted by Crippen LogP contribution is 2.30. The molecule has 106 valence electrons. The van der Waals surface area contributed by atoms with Crippen molar-refractivity contribution in [3.05, 3.63) is 27.7 Å². The lowest BCUT2D eigenvalue weighted by molar-refractivity contribution is 0.281. The Morgan fingerprint density at radius 3 is 2.53 bits per heavy atom. The Morgan fingerprint density at radius 2 is 1.89 bits per heavy atom. The Labute approximate surface area is 124 Å². The maximum atomic E-state index is 12.7. The lowest BCUT2D eigenvalue weighted by atomic mass is 10.0. The van der Waals surface area contributed by atoms with Gasteiger partial charge < -0.3 is 0 Å². The van der Waals surface area contributed by atoms with Crippen LogP contribution < -0.4 is 0 Å². The maximum absolute atomic E-state index is 12.7. The van der Waals surface area contributed by atoms with Crippen molar-refractivity contribution in [3.63, 3.8) is 0 Å². The van der Waals surface area contributed by atoms with Gasteiger partial charge in [0.05, 0.1) is 4.90 Å². The molecule has 3 nitrogen and oxygen atoms in total. The first kappa shape index (κ1) is 15.0. The van der Waals surface area contributed by atoms with E-state index in [1.165, 1.54) is 0 Å². The number of rotatable bonds is 2. The Morgan fingerprint density at radius 1 is 1.26 bits per heavy atom. The molecule has 0 bridgehead atoms. The molecule has 1 aliphatic heterocycles. The number of hydrogen-bond donors (Lipinski definition) is 0. The van der Waals surface area contributed by atoms with Crippen LogP contribution in [0.3, 0.4) is 0 Å². The molecule has 1 fully saturated rings. The highest BCUT2D eigenvalue weighted by atomic mass is 79.9. The van der Waals surface area contributed by atoms with Crippen LogP contribution in [-0.4, -0.2) is 25.8 Å². The highest BCUT2D eigenvalue weighted by Gasteiger charge is 2.30. The second-order valence-electron chi connectivity index (χ2n) is 5.48. The van der Waals surface area contributed by atoms with E-state index in [0.29, 0.717) is 28.4 Å². The van der Waals surface area contributed by atoms with Gasteiger partial charge in [0.2, 0.25) is 10.0 Å². The number of nitrogens with zero attached hydrogens (tertiary/aromatic N) is 1. The van der Waals surface area contributed by atoms with E-state index in [0.717, 1.165) is 24.0 Å². The molecule has 2 rings (SSSR count). The van der Waals surface area contributed by atoms with Crippen LogP contribution >= 0.6 is 15.9 Å². The first-order valence-electron chi connectivity index (χ1n) is 6.59. The highest BCUT2D eigenvalue weighted by molar-refractivity contribution is 9.10. The van der Waals surface area contributed by atoms with E-state index in [-0.39, 0.29) is 0 Å². The van der Waals surface area contributed by atoms with Crippen LogP contribution in [0.1, 0.15) is 30.9 Å². The molecule has 0 N–H and O–H groups in total. The van der Waals surface area contributed by atoms with Crippen LogP contribution in [0.2, 0.25) is 0 Å². The minimum absolute atomic E-state index is 0.393. The van der Waals surface area contributed by atoms with E-state index < -0.39 is 10.0 Å². The average molecular weight is 346 g/mol. The van der Waals surface area contributed by atoms with Crippen molar-refractivity contribution in [1.29, 1.82) is 0 Å². The molecule has 1 saturated heterocycles. The van der Waals surface area contributed by atoms with Crippen molar-refractivity contribution in [3.8, 4) is 0 Å². The predicted octanol–water partition coefficient (Wildman–Crippen LogP) is 3.49. The van der Waals surface area contributed by atoms with Crippen LogP contribution in [0.15, 0.2) is 21.5 Å². The fourth-order valence-corrected chi connectivity index (χ4v) is 5.26. The molecule has 1 atom stereocenters. The molecule has 0 aromatic heterocycles. The van der Waals surface area contributed by atoms with E-state index in [4.69, 9.17) is 0 Å². The molecule has 0 spiro atoms. The summed E-state index contributed by atoms with van der Waals surface area (Å²) in [6.07, 6.45) is 2.06. The molecule has 1 aromatic rings. The molecule has 0 aliphatic carbocycles. The third-order valence-corrected chi connectivity index (χ3v) is 6.61. The van der Waals surface area contributed by atoms with Gasteiger partial charge in [0.25, 0.3) is 0 Å². The normalized spacial score (nSPS) is 21.6. The number of aryl methyl sites for hydroxylation is 2. The monoisotopic (exact) mass is 345 g/mol. The van der Waals surface area contributed by atoms with Crippen molar-refractivity contribution < 1.29 is 8.42 Å². The van der Waals surface area contributed by atoms with Gasteiger partial charge in [0.15, 0.2) is 0 Å². The summed E-state index contributed by atoms with van der Waals surface area (Å²) in [6, 6.07) is 3.66. The minimum Gasteiger partial charge on any atom is -0.207 e. The standard InChI is InChI=1S/C14H20BrNO2S/c1-10-5-4-6-16(9-10)19(17,18)14-8-12(3)11(2)7-13(14)15/h7-8,10H,4-6,9H2,1-3H3. The zero-order chi connectivity index (χ0) is 14.2. The third-order valence-electron chi connectivity index (χ3n) is 3.79. The molecule has 0 saturated carbocycles. The van der Waals surface area contributed by atoms with E-state index in [1.807, 2.05) is 19.9 Å². The van der Waals surface area contributed by atoms with Gasteiger partial charge in [-0.05, 0) is 71.8 Å². The second kappa shape index (κ2) is 5.54.